The number of nitrogens with zero attached hydrogens (tertiary/aromatic N) is 2. The van der Waals surface area contributed by atoms with Gasteiger partial charge in [0.25, 0.3) is 0 Å². The van der Waals surface area contributed by atoms with Crippen molar-refractivity contribution >= 4 is 26.8 Å². The normalized spacial score (nSPS) is 10.1. The van der Waals surface area contributed by atoms with Crippen molar-refractivity contribution in [3.8, 4) is 6.07 Å². The summed E-state index contributed by atoms with van der Waals surface area (Å²) in [4.78, 5) is 4.35. The standard InChI is InChI=1S/C11H7BrN2/c1-7-5-10(12)9-4-2-3-8(6-13)11(9)14-7/h2-5H,1H3. The van der Waals surface area contributed by atoms with Crippen molar-refractivity contribution < 1.29 is 0 Å². The maximum atomic E-state index is 8.91. The van der Waals surface area contributed by atoms with E-state index in [1.54, 1.807) is 6.07 Å². The second kappa shape index (κ2) is 3.39. The van der Waals surface area contributed by atoms with Crippen LogP contribution in [0.1, 0.15) is 11.3 Å². The molecule has 1 aromatic heterocycles. The van der Waals surface area contributed by atoms with Crippen molar-refractivity contribution in [3.05, 3.63) is 40.0 Å². The van der Waals surface area contributed by atoms with Crippen LogP contribution in [-0.2, 0) is 0 Å². The molecule has 0 atom stereocenters. The molecule has 0 fully saturated rings. The highest BCUT2D eigenvalue weighted by Crippen LogP contribution is 2.25. The van der Waals surface area contributed by atoms with Gasteiger partial charge in [-0.1, -0.05) is 28.1 Å². The Morgan fingerprint density at radius 2 is 2.21 bits per heavy atom. The molecule has 2 aromatic rings. The van der Waals surface area contributed by atoms with E-state index in [1.807, 2.05) is 25.1 Å². The number of pyridine rings is 1. The first kappa shape index (κ1) is 9.17. The maximum absolute atomic E-state index is 8.91. The fourth-order valence-corrected chi connectivity index (χ4v) is 2.07. The van der Waals surface area contributed by atoms with Gasteiger partial charge in [-0.2, -0.15) is 5.26 Å². The molecule has 1 heterocycles. The van der Waals surface area contributed by atoms with Crippen molar-refractivity contribution in [1.82, 2.24) is 4.98 Å². The minimum atomic E-state index is 0.618. The molecular formula is C11H7BrN2. The lowest BCUT2D eigenvalue weighted by atomic mass is 10.1. The average Bonchev–Trinajstić information content (AvgIpc) is 2.17. The van der Waals surface area contributed by atoms with Crippen molar-refractivity contribution in [1.29, 1.82) is 5.26 Å². The molecule has 0 aliphatic carbocycles. The van der Waals surface area contributed by atoms with Gasteiger partial charge < -0.3 is 0 Å². The lowest BCUT2D eigenvalue weighted by Gasteiger charge is -2.02. The van der Waals surface area contributed by atoms with Crippen LogP contribution in [0.15, 0.2) is 28.7 Å². The first-order valence-electron chi connectivity index (χ1n) is 4.18. The number of fused-ring (bicyclic) bond motifs is 1. The van der Waals surface area contributed by atoms with E-state index in [0.29, 0.717) is 5.56 Å². The van der Waals surface area contributed by atoms with E-state index in [9.17, 15) is 0 Å². The highest BCUT2D eigenvalue weighted by molar-refractivity contribution is 9.10. The first-order valence-corrected chi connectivity index (χ1v) is 4.97. The summed E-state index contributed by atoms with van der Waals surface area (Å²) in [6.07, 6.45) is 0. The Kier molecular flexibility index (Phi) is 2.22. The minimum absolute atomic E-state index is 0.618. The molecule has 1 aromatic carbocycles. The van der Waals surface area contributed by atoms with Crippen LogP contribution in [0.3, 0.4) is 0 Å². The molecule has 0 spiro atoms. The van der Waals surface area contributed by atoms with Crippen LogP contribution < -0.4 is 0 Å². The topological polar surface area (TPSA) is 36.7 Å². The fraction of sp³-hybridized carbons (Fsp3) is 0.0909. The van der Waals surface area contributed by atoms with E-state index in [-0.39, 0.29) is 0 Å². The Hall–Kier alpha value is -1.40. The number of aryl methyl sites for hydroxylation is 1. The third kappa shape index (κ3) is 1.38. The molecule has 68 valence electrons. The van der Waals surface area contributed by atoms with Gasteiger partial charge in [0.2, 0.25) is 0 Å². The number of hydrogen-bond acceptors (Lipinski definition) is 2. The van der Waals surface area contributed by atoms with Crippen molar-refractivity contribution in [2.24, 2.45) is 0 Å². The number of nitriles is 1. The van der Waals surface area contributed by atoms with Gasteiger partial charge in [-0.3, -0.25) is 4.98 Å². The molecule has 0 bridgehead atoms. The molecule has 0 unspecified atom stereocenters. The number of halogens is 1. The van der Waals surface area contributed by atoms with Gasteiger partial charge >= 0.3 is 0 Å². The molecule has 0 N–H and O–H groups in total. The third-order valence-electron chi connectivity index (χ3n) is 2.04. The van der Waals surface area contributed by atoms with E-state index in [4.69, 9.17) is 5.26 Å². The Morgan fingerprint density at radius 3 is 2.93 bits per heavy atom. The summed E-state index contributed by atoms with van der Waals surface area (Å²) in [6, 6.07) is 9.68. The predicted octanol–water partition coefficient (Wildman–Crippen LogP) is 3.18. The van der Waals surface area contributed by atoms with E-state index in [2.05, 4.69) is 27.0 Å². The van der Waals surface area contributed by atoms with Crippen LogP contribution in [0.25, 0.3) is 10.9 Å². The third-order valence-corrected chi connectivity index (χ3v) is 2.69. The van der Waals surface area contributed by atoms with Crippen LogP contribution in [0.2, 0.25) is 0 Å². The lowest BCUT2D eigenvalue weighted by Crippen LogP contribution is -1.88. The van der Waals surface area contributed by atoms with Crippen LogP contribution in [0.4, 0.5) is 0 Å². The highest BCUT2D eigenvalue weighted by atomic mass is 79.9. The quantitative estimate of drug-likeness (QED) is 0.716. The summed E-state index contributed by atoms with van der Waals surface area (Å²) in [5, 5.41) is 9.89. The first-order chi connectivity index (χ1) is 6.72. The van der Waals surface area contributed by atoms with E-state index >= 15 is 0 Å². The van der Waals surface area contributed by atoms with Gasteiger partial charge in [0.05, 0.1) is 11.1 Å². The molecule has 0 aliphatic rings. The van der Waals surface area contributed by atoms with Gasteiger partial charge in [-0.05, 0) is 19.1 Å². The monoisotopic (exact) mass is 246 g/mol. The molecule has 14 heavy (non-hydrogen) atoms. The molecule has 2 rings (SSSR count). The molecule has 0 saturated heterocycles. The van der Waals surface area contributed by atoms with E-state index in [1.165, 1.54) is 0 Å². The summed E-state index contributed by atoms with van der Waals surface area (Å²) in [5.41, 5.74) is 2.29. The van der Waals surface area contributed by atoms with E-state index in [0.717, 1.165) is 21.1 Å². The number of hydrogen-bond donors (Lipinski definition) is 0. The van der Waals surface area contributed by atoms with Crippen molar-refractivity contribution in [2.75, 3.05) is 0 Å². The number of benzene rings is 1. The van der Waals surface area contributed by atoms with Crippen LogP contribution in [-0.4, -0.2) is 4.98 Å². The molecule has 0 saturated carbocycles. The van der Waals surface area contributed by atoms with Crippen LogP contribution >= 0.6 is 15.9 Å². The van der Waals surface area contributed by atoms with Crippen LogP contribution in [0.5, 0.6) is 0 Å². The van der Waals surface area contributed by atoms with Gasteiger partial charge in [-0.15, -0.1) is 0 Å². The van der Waals surface area contributed by atoms with Crippen molar-refractivity contribution in [2.45, 2.75) is 6.92 Å². The SMILES string of the molecule is Cc1cc(Br)c2cccc(C#N)c2n1. The second-order valence-electron chi connectivity index (χ2n) is 3.06. The van der Waals surface area contributed by atoms with Crippen molar-refractivity contribution in [3.63, 3.8) is 0 Å². The smallest absolute Gasteiger partial charge is 0.101 e. The van der Waals surface area contributed by atoms with Gasteiger partial charge in [-0.25, -0.2) is 0 Å². The zero-order valence-corrected chi connectivity index (χ0v) is 9.17. The zero-order chi connectivity index (χ0) is 10.1. The Morgan fingerprint density at radius 1 is 1.43 bits per heavy atom. The maximum Gasteiger partial charge on any atom is 0.101 e. The molecule has 3 heteroatoms. The van der Waals surface area contributed by atoms with Gasteiger partial charge in [0.15, 0.2) is 0 Å². The largest absolute Gasteiger partial charge is 0.252 e. The molecule has 0 amide bonds. The second-order valence-corrected chi connectivity index (χ2v) is 3.91. The Labute approximate surface area is 90.3 Å². The molecule has 0 aliphatic heterocycles. The number of aromatic nitrogens is 1. The lowest BCUT2D eigenvalue weighted by molar-refractivity contribution is 1.24. The summed E-state index contributed by atoms with van der Waals surface area (Å²) < 4.78 is 0.983. The number of para-hydroxylation sites is 1. The molecular weight excluding hydrogens is 240 g/mol. The fourth-order valence-electron chi connectivity index (χ4n) is 1.42. The Balaban J connectivity index is 2.95. The number of rotatable bonds is 0. The summed E-state index contributed by atoms with van der Waals surface area (Å²) in [6.45, 7) is 1.92. The summed E-state index contributed by atoms with van der Waals surface area (Å²) in [5.74, 6) is 0. The summed E-state index contributed by atoms with van der Waals surface area (Å²) >= 11 is 3.46. The average molecular weight is 247 g/mol. The molecule has 2 nitrogen and oxygen atoms in total. The van der Waals surface area contributed by atoms with Gasteiger partial charge in [0, 0.05) is 15.6 Å². The minimum Gasteiger partial charge on any atom is -0.252 e. The molecule has 0 radical (unpaired) electrons. The predicted molar refractivity (Wildman–Crippen MR) is 58.9 cm³/mol. The van der Waals surface area contributed by atoms with Gasteiger partial charge in [0.1, 0.15) is 6.07 Å². The highest BCUT2D eigenvalue weighted by Gasteiger charge is 2.05. The van der Waals surface area contributed by atoms with Crippen LogP contribution in [0, 0.1) is 18.3 Å². The van der Waals surface area contributed by atoms with E-state index < -0.39 is 0 Å². The summed E-state index contributed by atoms with van der Waals surface area (Å²) in [7, 11) is 0. The Bertz CT molecular complexity index is 541. The zero-order valence-electron chi connectivity index (χ0n) is 7.58.